The van der Waals surface area contributed by atoms with Crippen LogP contribution in [-0.2, 0) is 19.4 Å². The molecule has 1 heterocycles. The first kappa shape index (κ1) is 12.8. The Balaban J connectivity index is 1.80. The fourth-order valence-corrected chi connectivity index (χ4v) is 1.95. The highest BCUT2D eigenvalue weighted by molar-refractivity contribution is 5.14. The molecule has 3 heteroatoms. The fourth-order valence-electron chi connectivity index (χ4n) is 1.95. The van der Waals surface area contributed by atoms with Crippen molar-refractivity contribution >= 4 is 0 Å². The fraction of sp³-hybridized carbons (Fsp3) is 0.400. The highest BCUT2D eigenvalue weighted by atomic mass is 15.0. The van der Waals surface area contributed by atoms with Gasteiger partial charge in [0.1, 0.15) is 0 Å². The summed E-state index contributed by atoms with van der Waals surface area (Å²) in [5, 5.41) is 3.31. The van der Waals surface area contributed by atoms with Crippen molar-refractivity contribution in [3.8, 4) is 0 Å². The third-order valence-electron chi connectivity index (χ3n) is 3.00. The third kappa shape index (κ3) is 4.00. The number of hydrogen-bond donors (Lipinski definition) is 1. The number of imidazole rings is 1. The van der Waals surface area contributed by atoms with Crippen molar-refractivity contribution in [2.45, 2.75) is 26.3 Å². The predicted octanol–water partition coefficient (Wildman–Crippen LogP) is 2.28. The lowest BCUT2D eigenvalue weighted by Crippen LogP contribution is -2.16. The number of likely N-dealkylation sites (N-methyl/N-ethyl adjacent to an activating group) is 1. The number of nitrogens with one attached hydrogen (secondary N) is 1. The van der Waals surface area contributed by atoms with Gasteiger partial charge in [-0.1, -0.05) is 37.3 Å². The van der Waals surface area contributed by atoms with Crippen LogP contribution in [0.5, 0.6) is 0 Å². The van der Waals surface area contributed by atoms with Crippen molar-refractivity contribution in [3.63, 3.8) is 0 Å². The molecule has 2 aromatic rings. The van der Waals surface area contributed by atoms with Gasteiger partial charge in [-0.25, -0.2) is 4.98 Å². The molecular formula is C15H21N3. The van der Waals surface area contributed by atoms with Crippen LogP contribution in [0.15, 0.2) is 42.9 Å². The van der Waals surface area contributed by atoms with Crippen molar-refractivity contribution < 1.29 is 0 Å². The Bertz CT molecular complexity index is 448. The predicted molar refractivity (Wildman–Crippen MR) is 74.6 cm³/mol. The molecule has 0 bridgehead atoms. The second-order valence-electron chi connectivity index (χ2n) is 4.44. The smallest absolute Gasteiger partial charge is 0.0949 e. The molecule has 0 saturated carbocycles. The summed E-state index contributed by atoms with van der Waals surface area (Å²) in [5.74, 6) is 0. The van der Waals surface area contributed by atoms with Gasteiger partial charge in [0.2, 0.25) is 0 Å². The lowest BCUT2D eigenvalue weighted by Gasteiger charge is -2.02. The second-order valence-corrected chi connectivity index (χ2v) is 4.44. The molecular weight excluding hydrogens is 222 g/mol. The monoisotopic (exact) mass is 243 g/mol. The Morgan fingerprint density at radius 2 is 2.00 bits per heavy atom. The number of aromatic nitrogens is 2. The summed E-state index contributed by atoms with van der Waals surface area (Å²) in [5.41, 5.74) is 2.55. The van der Waals surface area contributed by atoms with E-state index in [0.717, 1.165) is 32.5 Å². The van der Waals surface area contributed by atoms with Gasteiger partial charge in [-0.3, -0.25) is 0 Å². The van der Waals surface area contributed by atoms with E-state index in [4.69, 9.17) is 0 Å². The number of aryl methyl sites for hydroxylation is 2. The number of hydrogen-bond acceptors (Lipinski definition) is 2. The standard InChI is InChI=1S/C15H21N3/c1-2-16-10-8-15-12-18(13-17-15)11-9-14-6-4-3-5-7-14/h3-7,12-13,16H,2,8-11H2,1H3. The number of rotatable bonds is 7. The zero-order valence-electron chi connectivity index (χ0n) is 11.0. The van der Waals surface area contributed by atoms with Crippen LogP contribution in [0.2, 0.25) is 0 Å². The minimum absolute atomic E-state index is 0.998. The largest absolute Gasteiger partial charge is 0.337 e. The molecule has 0 amide bonds. The highest BCUT2D eigenvalue weighted by Crippen LogP contribution is 2.03. The van der Waals surface area contributed by atoms with E-state index in [-0.39, 0.29) is 0 Å². The van der Waals surface area contributed by atoms with Gasteiger partial charge in [-0.15, -0.1) is 0 Å². The van der Waals surface area contributed by atoms with Crippen LogP contribution in [0.4, 0.5) is 0 Å². The van der Waals surface area contributed by atoms with Crippen LogP contribution in [-0.4, -0.2) is 22.6 Å². The van der Waals surface area contributed by atoms with Gasteiger partial charge < -0.3 is 9.88 Å². The summed E-state index contributed by atoms with van der Waals surface area (Å²) >= 11 is 0. The molecule has 3 nitrogen and oxygen atoms in total. The minimum atomic E-state index is 0.998. The molecule has 0 radical (unpaired) electrons. The van der Waals surface area contributed by atoms with Gasteiger partial charge in [0, 0.05) is 25.7 Å². The number of benzene rings is 1. The van der Waals surface area contributed by atoms with E-state index in [2.05, 4.69) is 58.3 Å². The molecule has 0 spiro atoms. The van der Waals surface area contributed by atoms with E-state index >= 15 is 0 Å². The molecule has 96 valence electrons. The van der Waals surface area contributed by atoms with E-state index < -0.39 is 0 Å². The lowest BCUT2D eigenvalue weighted by atomic mass is 10.1. The van der Waals surface area contributed by atoms with Gasteiger partial charge in [0.05, 0.1) is 12.0 Å². The third-order valence-corrected chi connectivity index (χ3v) is 3.00. The Morgan fingerprint density at radius 3 is 2.78 bits per heavy atom. The van der Waals surface area contributed by atoms with Gasteiger partial charge in [0.15, 0.2) is 0 Å². The average Bonchev–Trinajstić information content (AvgIpc) is 2.86. The van der Waals surface area contributed by atoms with Crippen LogP contribution in [0.3, 0.4) is 0 Å². The Morgan fingerprint density at radius 1 is 1.17 bits per heavy atom. The second kappa shape index (κ2) is 6.97. The van der Waals surface area contributed by atoms with Gasteiger partial charge in [-0.2, -0.15) is 0 Å². The molecule has 0 saturated heterocycles. The first-order valence-electron chi connectivity index (χ1n) is 6.64. The van der Waals surface area contributed by atoms with E-state index in [0.29, 0.717) is 0 Å². The highest BCUT2D eigenvalue weighted by Gasteiger charge is 1.99. The topological polar surface area (TPSA) is 29.9 Å². The zero-order chi connectivity index (χ0) is 12.6. The SMILES string of the molecule is CCNCCc1cn(CCc2ccccc2)cn1. The van der Waals surface area contributed by atoms with E-state index in [1.807, 2.05) is 6.33 Å². The molecule has 1 aromatic heterocycles. The Labute approximate surface area is 109 Å². The summed E-state index contributed by atoms with van der Waals surface area (Å²) in [4.78, 5) is 4.42. The molecule has 0 aliphatic carbocycles. The summed E-state index contributed by atoms with van der Waals surface area (Å²) in [6, 6.07) is 10.6. The van der Waals surface area contributed by atoms with Crippen molar-refractivity contribution in [1.82, 2.24) is 14.9 Å². The van der Waals surface area contributed by atoms with Crippen LogP contribution in [0, 0.1) is 0 Å². The first-order chi connectivity index (χ1) is 8.88. The average molecular weight is 243 g/mol. The first-order valence-corrected chi connectivity index (χ1v) is 6.64. The van der Waals surface area contributed by atoms with E-state index in [1.54, 1.807) is 0 Å². The zero-order valence-corrected chi connectivity index (χ0v) is 11.0. The maximum absolute atomic E-state index is 4.42. The van der Waals surface area contributed by atoms with Crippen LogP contribution < -0.4 is 5.32 Å². The Kier molecular flexibility index (Phi) is 4.97. The van der Waals surface area contributed by atoms with Gasteiger partial charge in [-0.05, 0) is 18.5 Å². The van der Waals surface area contributed by atoms with Gasteiger partial charge >= 0.3 is 0 Å². The van der Waals surface area contributed by atoms with Crippen molar-refractivity contribution in [2.75, 3.05) is 13.1 Å². The minimum Gasteiger partial charge on any atom is -0.337 e. The van der Waals surface area contributed by atoms with Crippen molar-refractivity contribution in [2.24, 2.45) is 0 Å². The summed E-state index contributed by atoms with van der Waals surface area (Å²) < 4.78 is 2.17. The molecule has 0 unspecified atom stereocenters. The summed E-state index contributed by atoms with van der Waals surface area (Å²) in [6.45, 7) is 5.15. The number of nitrogens with zero attached hydrogens (tertiary/aromatic N) is 2. The molecule has 2 rings (SSSR count). The maximum Gasteiger partial charge on any atom is 0.0949 e. The quantitative estimate of drug-likeness (QED) is 0.756. The normalized spacial score (nSPS) is 10.7. The van der Waals surface area contributed by atoms with Crippen LogP contribution in [0.25, 0.3) is 0 Å². The maximum atomic E-state index is 4.42. The molecule has 0 aliphatic rings. The van der Waals surface area contributed by atoms with Crippen molar-refractivity contribution in [3.05, 3.63) is 54.1 Å². The van der Waals surface area contributed by atoms with Gasteiger partial charge in [0.25, 0.3) is 0 Å². The van der Waals surface area contributed by atoms with E-state index in [1.165, 1.54) is 11.3 Å². The van der Waals surface area contributed by atoms with Crippen LogP contribution in [0.1, 0.15) is 18.2 Å². The summed E-state index contributed by atoms with van der Waals surface area (Å²) in [6.07, 6.45) is 6.15. The van der Waals surface area contributed by atoms with E-state index in [9.17, 15) is 0 Å². The molecule has 1 N–H and O–H groups in total. The van der Waals surface area contributed by atoms with Crippen molar-refractivity contribution in [1.29, 1.82) is 0 Å². The molecule has 0 aliphatic heterocycles. The Hall–Kier alpha value is -1.61. The molecule has 0 fully saturated rings. The summed E-state index contributed by atoms with van der Waals surface area (Å²) in [7, 11) is 0. The molecule has 18 heavy (non-hydrogen) atoms. The molecule has 1 aromatic carbocycles. The molecule has 0 atom stereocenters. The lowest BCUT2D eigenvalue weighted by molar-refractivity contribution is 0.690. The van der Waals surface area contributed by atoms with Crippen LogP contribution >= 0.6 is 0 Å².